The maximum Gasteiger partial charge on any atom is 0.255 e. The first-order valence-corrected chi connectivity index (χ1v) is 9.68. The van der Waals surface area contributed by atoms with Gasteiger partial charge < -0.3 is 18.9 Å². The molecule has 28 heavy (non-hydrogen) atoms. The Balaban J connectivity index is 1.50. The first-order chi connectivity index (χ1) is 13.6. The van der Waals surface area contributed by atoms with Gasteiger partial charge in [-0.25, -0.2) is 0 Å². The molecule has 1 atom stereocenters. The molecule has 4 rings (SSSR count). The van der Waals surface area contributed by atoms with Gasteiger partial charge >= 0.3 is 0 Å². The number of carbonyl (C=O) groups excluding carboxylic acids is 1. The molecule has 0 saturated carbocycles. The van der Waals surface area contributed by atoms with Crippen molar-refractivity contribution in [3.63, 3.8) is 0 Å². The summed E-state index contributed by atoms with van der Waals surface area (Å²) >= 11 is 0. The third kappa shape index (κ3) is 3.94. The van der Waals surface area contributed by atoms with Crippen LogP contribution in [0.1, 0.15) is 33.8 Å². The van der Waals surface area contributed by atoms with Crippen molar-refractivity contribution < 1.29 is 18.8 Å². The van der Waals surface area contributed by atoms with Gasteiger partial charge in [0.2, 0.25) is 0 Å². The number of carbonyl (C=O) groups is 1. The standard InChI is InChI=1S/C20H26N4O4/c1-15-18(16(2)28-22-15)12-23-7-4-9-26-20(13-23)14-24(8-10-27-20)19(25)17-5-3-6-21-11-17/h3,5-6,11H,4,7-10,12-14H2,1-2H3. The highest BCUT2D eigenvalue weighted by atomic mass is 16.7. The van der Waals surface area contributed by atoms with Crippen molar-refractivity contribution >= 4 is 5.91 Å². The van der Waals surface area contributed by atoms with Crippen molar-refractivity contribution in [2.75, 3.05) is 39.4 Å². The van der Waals surface area contributed by atoms with E-state index in [1.807, 2.05) is 13.8 Å². The Hall–Kier alpha value is -2.29. The summed E-state index contributed by atoms with van der Waals surface area (Å²) in [6.45, 7) is 8.11. The van der Waals surface area contributed by atoms with Crippen LogP contribution in [0.5, 0.6) is 0 Å². The van der Waals surface area contributed by atoms with Gasteiger partial charge in [0.1, 0.15) is 5.76 Å². The lowest BCUT2D eigenvalue weighted by Gasteiger charge is -2.43. The lowest BCUT2D eigenvalue weighted by molar-refractivity contribution is -0.261. The zero-order chi connectivity index (χ0) is 19.6. The molecule has 0 aromatic carbocycles. The van der Waals surface area contributed by atoms with E-state index in [2.05, 4.69) is 15.0 Å². The summed E-state index contributed by atoms with van der Waals surface area (Å²) in [5, 5.41) is 4.05. The van der Waals surface area contributed by atoms with Gasteiger partial charge in [-0.15, -0.1) is 0 Å². The number of hydrogen-bond donors (Lipinski definition) is 0. The van der Waals surface area contributed by atoms with E-state index >= 15 is 0 Å². The molecule has 150 valence electrons. The summed E-state index contributed by atoms with van der Waals surface area (Å²) in [4.78, 5) is 21.0. The zero-order valence-corrected chi connectivity index (χ0v) is 16.4. The van der Waals surface area contributed by atoms with Gasteiger partial charge in [0.15, 0.2) is 5.79 Å². The van der Waals surface area contributed by atoms with Crippen LogP contribution in [0.25, 0.3) is 0 Å². The Morgan fingerprint density at radius 3 is 2.82 bits per heavy atom. The fourth-order valence-corrected chi connectivity index (χ4v) is 3.88. The summed E-state index contributed by atoms with van der Waals surface area (Å²) in [5.74, 6) is -0.0125. The highest BCUT2D eigenvalue weighted by molar-refractivity contribution is 5.94. The lowest BCUT2D eigenvalue weighted by Crippen LogP contribution is -2.59. The SMILES string of the molecule is Cc1noc(C)c1CN1CCCOC2(C1)CN(C(=O)c1cccnc1)CCO2. The van der Waals surface area contributed by atoms with E-state index in [1.54, 1.807) is 29.4 Å². The Bertz CT molecular complexity index is 805. The van der Waals surface area contributed by atoms with E-state index in [4.69, 9.17) is 14.0 Å². The topological polar surface area (TPSA) is 80.9 Å². The van der Waals surface area contributed by atoms with E-state index in [9.17, 15) is 4.79 Å². The largest absolute Gasteiger partial charge is 0.361 e. The predicted octanol–water partition coefficient (Wildman–Crippen LogP) is 1.78. The second-order valence-electron chi connectivity index (χ2n) is 7.44. The Kier molecular flexibility index (Phi) is 5.43. The van der Waals surface area contributed by atoms with Crippen LogP contribution >= 0.6 is 0 Å². The van der Waals surface area contributed by atoms with Gasteiger partial charge in [-0.3, -0.25) is 14.7 Å². The first kappa shape index (κ1) is 19.0. The number of aryl methyl sites for hydroxylation is 2. The van der Waals surface area contributed by atoms with E-state index in [0.29, 0.717) is 38.4 Å². The molecule has 8 nitrogen and oxygen atoms in total. The van der Waals surface area contributed by atoms with Crippen molar-refractivity contribution in [2.24, 2.45) is 0 Å². The average Bonchev–Trinajstić information content (AvgIpc) is 2.91. The molecule has 2 aromatic rings. The van der Waals surface area contributed by atoms with Crippen molar-refractivity contribution in [3.05, 3.63) is 47.1 Å². The third-order valence-electron chi connectivity index (χ3n) is 5.37. The van der Waals surface area contributed by atoms with E-state index in [0.717, 1.165) is 36.5 Å². The van der Waals surface area contributed by atoms with Crippen LogP contribution in [-0.2, 0) is 16.0 Å². The maximum atomic E-state index is 12.9. The highest BCUT2D eigenvalue weighted by Crippen LogP contribution is 2.27. The van der Waals surface area contributed by atoms with E-state index in [1.165, 1.54) is 0 Å². The molecule has 1 unspecified atom stereocenters. The van der Waals surface area contributed by atoms with Gasteiger partial charge in [0.25, 0.3) is 5.91 Å². The number of pyridine rings is 1. The quantitative estimate of drug-likeness (QED) is 0.795. The minimum Gasteiger partial charge on any atom is -0.361 e. The van der Waals surface area contributed by atoms with Crippen LogP contribution < -0.4 is 0 Å². The molecule has 2 saturated heterocycles. The van der Waals surface area contributed by atoms with Crippen LogP contribution in [0.15, 0.2) is 29.0 Å². The number of hydrogen-bond acceptors (Lipinski definition) is 7. The van der Waals surface area contributed by atoms with E-state index in [-0.39, 0.29) is 5.91 Å². The molecule has 1 amide bonds. The summed E-state index contributed by atoms with van der Waals surface area (Å²) < 4.78 is 17.5. The Morgan fingerprint density at radius 1 is 1.21 bits per heavy atom. The van der Waals surface area contributed by atoms with Gasteiger partial charge in [0.05, 0.1) is 37.6 Å². The average molecular weight is 386 g/mol. The number of morpholine rings is 1. The van der Waals surface area contributed by atoms with Crippen molar-refractivity contribution in [1.82, 2.24) is 19.9 Å². The maximum absolute atomic E-state index is 12.9. The number of aromatic nitrogens is 2. The number of ether oxygens (including phenoxy) is 2. The predicted molar refractivity (Wildman–Crippen MR) is 101 cm³/mol. The minimum absolute atomic E-state index is 0.0408. The molecular weight excluding hydrogens is 360 g/mol. The van der Waals surface area contributed by atoms with Gasteiger partial charge in [-0.1, -0.05) is 5.16 Å². The molecule has 2 aliphatic heterocycles. The second-order valence-corrected chi connectivity index (χ2v) is 7.44. The van der Waals surface area contributed by atoms with Crippen molar-refractivity contribution in [1.29, 1.82) is 0 Å². The highest BCUT2D eigenvalue weighted by Gasteiger charge is 2.42. The summed E-state index contributed by atoms with van der Waals surface area (Å²) in [7, 11) is 0. The first-order valence-electron chi connectivity index (χ1n) is 9.68. The molecule has 2 fully saturated rings. The zero-order valence-electron chi connectivity index (χ0n) is 16.4. The number of rotatable bonds is 3. The fraction of sp³-hybridized carbons (Fsp3) is 0.550. The van der Waals surface area contributed by atoms with Crippen LogP contribution in [0.2, 0.25) is 0 Å². The van der Waals surface area contributed by atoms with Crippen LogP contribution in [0, 0.1) is 13.8 Å². The Labute approximate surface area is 164 Å². The van der Waals surface area contributed by atoms with Crippen LogP contribution in [0.3, 0.4) is 0 Å². The van der Waals surface area contributed by atoms with Gasteiger partial charge in [0, 0.05) is 37.6 Å². The molecule has 4 heterocycles. The second kappa shape index (κ2) is 7.98. The molecule has 8 heteroatoms. The smallest absolute Gasteiger partial charge is 0.255 e. The molecule has 0 radical (unpaired) electrons. The fourth-order valence-electron chi connectivity index (χ4n) is 3.88. The van der Waals surface area contributed by atoms with Gasteiger partial charge in [-0.2, -0.15) is 0 Å². The molecule has 0 aliphatic carbocycles. The molecule has 1 spiro atoms. The molecule has 2 aromatic heterocycles. The molecule has 0 bridgehead atoms. The summed E-state index contributed by atoms with van der Waals surface area (Å²) in [5.41, 5.74) is 2.60. The van der Waals surface area contributed by atoms with Gasteiger partial charge in [-0.05, 0) is 32.4 Å². The monoisotopic (exact) mass is 386 g/mol. The van der Waals surface area contributed by atoms with Crippen molar-refractivity contribution in [2.45, 2.75) is 32.6 Å². The normalized spacial score (nSPS) is 23.7. The Morgan fingerprint density at radius 2 is 2.07 bits per heavy atom. The minimum atomic E-state index is -0.814. The number of nitrogens with zero attached hydrogens (tertiary/aromatic N) is 4. The molecular formula is C20H26N4O4. The summed E-state index contributed by atoms with van der Waals surface area (Å²) in [6, 6.07) is 3.56. The third-order valence-corrected chi connectivity index (χ3v) is 5.37. The molecule has 0 N–H and O–H groups in total. The van der Waals surface area contributed by atoms with E-state index < -0.39 is 5.79 Å². The number of amides is 1. The molecule has 2 aliphatic rings. The lowest BCUT2D eigenvalue weighted by atomic mass is 10.1. The van der Waals surface area contributed by atoms with Crippen LogP contribution in [0.4, 0.5) is 0 Å². The van der Waals surface area contributed by atoms with Crippen molar-refractivity contribution in [3.8, 4) is 0 Å². The summed E-state index contributed by atoms with van der Waals surface area (Å²) in [6.07, 6.45) is 4.17. The van der Waals surface area contributed by atoms with Crippen LogP contribution in [-0.4, -0.2) is 71.0 Å².